The van der Waals surface area contributed by atoms with Gasteiger partial charge in [0.2, 0.25) is 0 Å². The van der Waals surface area contributed by atoms with Gasteiger partial charge >= 0.3 is 29.2 Å². The summed E-state index contributed by atoms with van der Waals surface area (Å²) < 4.78 is 36.7. The average Bonchev–Trinajstić information content (AvgIpc) is 1.48. The monoisotopic (exact) mass is 1820 g/mol. The number of hydrogen-bond acceptors (Lipinski definition) is 19. The van der Waals surface area contributed by atoms with Gasteiger partial charge in [-0.2, -0.15) is 0 Å². The Kier molecular flexibility index (Phi) is 37.0. The lowest BCUT2D eigenvalue weighted by atomic mass is 10.2. The number of alkyl carbamates (subject to hydrolysis) is 2. The summed E-state index contributed by atoms with van der Waals surface area (Å²) in [5.74, 6) is 1.70. The van der Waals surface area contributed by atoms with Crippen molar-refractivity contribution >= 4 is 253 Å². The molecule has 0 saturated carbocycles. The van der Waals surface area contributed by atoms with Crippen LogP contribution in [0.2, 0.25) is 0 Å². The van der Waals surface area contributed by atoms with Crippen molar-refractivity contribution in [2.75, 3.05) is 46.8 Å². The second-order valence-corrected chi connectivity index (χ2v) is 34.6. The summed E-state index contributed by atoms with van der Waals surface area (Å²) in [5, 5.41) is 25.8. The molecule has 0 aliphatic carbocycles. The Labute approximate surface area is 701 Å². The number of aromatic nitrogens is 10. The van der Waals surface area contributed by atoms with Gasteiger partial charge in [0.15, 0.2) is 15.4 Å². The van der Waals surface area contributed by atoms with Gasteiger partial charge in [-0.05, 0) is 198 Å². The standard InChI is InChI=1S/C15H19N3O2S.C13H15N3O2S.C13H13N3OS.C11H9N3O2.C9H8N2O2.C9H10N2.C4H5NO2S.C2H5I.Cl3OP/c1-4-20-15(19)17-14(21-5-2)16-12-7-6-8-13-11(12)9-10-18(13)3;1-3-18-13(17)15-12(19)14-10-5-4-6-11-9(10)7-8-16(11)2;1-3-18-13-14-11-8-6-7-16(2)10(8)5-4-9(11)12(17)15-13;1-14-5-4-6-8(14)3-2-7-9(6)12-11(16)13-10(7)15;1-10-6-5-7-8(10)3-2-4-9(7)11(12)13;1-11-6-5-7-8(10)3-2-4-9(7)11;1-2-7-4(6)5-3-8;1-2-3;1-5(2,3)4/h6-10H,4-5H2,1-3H3,(H,16,17,19);4-8H,3H2,1-2H3,(H2,14,15,17,19);4-7H,3H2,1-2H3,(H,14,15,17);2-5H,1H3,(H2,12,13,15,16);2-6H,1H3;2-6H,10H2,1H3;2H2,1H3;2H2,1H3;. The number of rotatable bonds is 9. The molecule has 0 bridgehead atoms. The van der Waals surface area contributed by atoms with Crippen LogP contribution in [0.25, 0.3) is 87.2 Å². The van der Waals surface area contributed by atoms with Gasteiger partial charge in [-0.15, -0.1) is 4.99 Å². The third-order valence-electron chi connectivity index (χ3n) is 15.8. The van der Waals surface area contributed by atoms with Gasteiger partial charge in [-0.3, -0.25) is 39.9 Å². The molecule has 0 atom stereocenters. The van der Waals surface area contributed by atoms with E-state index in [1.54, 1.807) is 50.7 Å². The minimum absolute atomic E-state index is 0.0679. The number of carbonyl (C=O) groups is 3. The van der Waals surface area contributed by atoms with Crippen LogP contribution in [0.15, 0.2) is 200 Å². The summed E-state index contributed by atoms with van der Waals surface area (Å²) in [4.78, 5) is 97.8. The molecule has 0 spiro atoms. The summed E-state index contributed by atoms with van der Waals surface area (Å²) in [6.45, 7) is 12.3. The lowest BCUT2D eigenvalue weighted by Gasteiger charge is -2.10. The number of nitrogens with zero attached hydrogens (tertiary/aromatic N) is 10. The number of nitrogens with two attached hydrogens (primary N) is 1. The molecular weight excluding hydrogens is 1740 g/mol. The van der Waals surface area contributed by atoms with E-state index in [1.165, 1.54) is 27.8 Å². The van der Waals surface area contributed by atoms with Crippen LogP contribution in [0.5, 0.6) is 0 Å². The highest BCUT2D eigenvalue weighted by Crippen LogP contribution is 2.61. The first-order valence-electron chi connectivity index (χ1n) is 34.6. The van der Waals surface area contributed by atoms with Crippen LogP contribution in [0.3, 0.4) is 0 Å². The number of amides is 3. The van der Waals surface area contributed by atoms with E-state index in [2.05, 4.69) is 137 Å². The van der Waals surface area contributed by atoms with Crippen LogP contribution in [-0.4, -0.2) is 122 Å². The lowest BCUT2D eigenvalue weighted by Crippen LogP contribution is -2.34. The number of carbonyl (C=O) groups excluding carboxylic acids is 3. The van der Waals surface area contributed by atoms with Crippen molar-refractivity contribution in [3.05, 3.63) is 212 Å². The number of nitro benzene ring substituents is 1. The number of amidine groups is 1. The van der Waals surface area contributed by atoms with E-state index < -0.39 is 29.2 Å². The van der Waals surface area contributed by atoms with Crippen LogP contribution < -0.4 is 38.5 Å². The van der Waals surface area contributed by atoms with Crippen molar-refractivity contribution in [1.82, 2.24) is 58.0 Å². The summed E-state index contributed by atoms with van der Waals surface area (Å²) >= 11 is 28.3. The number of benzene rings is 6. The van der Waals surface area contributed by atoms with Crippen molar-refractivity contribution in [2.45, 2.75) is 46.7 Å². The Morgan fingerprint density at radius 1 is 0.588 bits per heavy atom. The van der Waals surface area contributed by atoms with Gasteiger partial charge in [-0.25, -0.2) is 29.2 Å². The fourth-order valence-corrected chi connectivity index (χ4v) is 12.4. The lowest BCUT2D eigenvalue weighted by molar-refractivity contribution is -0.383. The van der Waals surface area contributed by atoms with Crippen molar-refractivity contribution in [2.24, 2.45) is 52.3 Å². The number of ether oxygens (including phenoxy) is 3. The number of aryl methyl sites for hydroxylation is 6. The zero-order chi connectivity index (χ0) is 83.9. The molecule has 0 aliphatic rings. The van der Waals surface area contributed by atoms with Gasteiger partial charge in [0.05, 0.1) is 68.3 Å². The number of isothiocyanates is 1. The molecule has 0 fully saturated rings. The molecule has 8 heterocycles. The summed E-state index contributed by atoms with van der Waals surface area (Å²) in [7, 11) is 11.8. The molecule has 14 aromatic rings. The summed E-state index contributed by atoms with van der Waals surface area (Å²) in [5.41, 5.74) is 15.3. The number of aliphatic imine (C=N–C) groups is 2. The van der Waals surface area contributed by atoms with Crippen molar-refractivity contribution < 1.29 is 38.1 Å². The van der Waals surface area contributed by atoms with E-state index in [0.29, 0.717) is 51.8 Å². The molecular formula is C76H84Cl3IN17O12PS4. The quantitative estimate of drug-likeness (QED) is 0.00574. The smallest absolute Gasteiger partial charge is 0.442 e. The number of anilines is 2. The Morgan fingerprint density at radius 3 is 1.57 bits per heavy atom. The fourth-order valence-electron chi connectivity index (χ4n) is 10.9. The Balaban J connectivity index is 0.000000207. The third kappa shape index (κ3) is 26.9. The molecule has 8 aromatic heterocycles. The predicted octanol–water partition coefficient (Wildman–Crippen LogP) is 18.9. The molecule has 14 rings (SSSR count). The Hall–Kier alpha value is -10.3. The number of fused-ring (bicyclic) bond motifs is 10. The Bertz CT molecular complexity index is 6010. The topological polar surface area (TPSA) is 367 Å². The van der Waals surface area contributed by atoms with Crippen molar-refractivity contribution in [3.63, 3.8) is 0 Å². The molecule has 0 unspecified atom stereocenters. The van der Waals surface area contributed by atoms with Gasteiger partial charge in [0, 0.05) is 151 Å². The molecule has 0 aliphatic heterocycles. The van der Waals surface area contributed by atoms with Crippen LogP contribution in [0, 0.1) is 10.1 Å². The van der Waals surface area contributed by atoms with Gasteiger partial charge in [-0.1, -0.05) is 91.2 Å². The maximum absolute atomic E-state index is 12.0. The molecule has 3 amide bonds. The highest BCUT2D eigenvalue weighted by Gasteiger charge is 2.15. The number of halogens is 4. The minimum Gasteiger partial charge on any atom is -0.450 e. The molecule has 29 nitrogen and oxygen atoms in total. The van der Waals surface area contributed by atoms with E-state index >= 15 is 0 Å². The van der Waals surface area contributed by atoms with Crippen LogP contribution in [0.4, 0.5) is 37.1 Å². The maximum Gasteiger partial charge on any atom is 0.442 e. The van der Waals surface area contributed by atoms with Crippen LogP contribution >= 0.6 is 109 Å². The molecule has 0 radical (unpaired) electrons. The van der Waals surface area contributed by atoms with Crippen molar-refractivity contribution in [1.29, 1.82) is 0 Å². The van der Waals surface area contributed by atoms with E-state index in [4.69, 9.17) is 27.4 Å². The highest BCUT2D eigenvalue weighted by molar-refractivity contribution is 14.1. The predicted molar refractivity (Wildman–Crippen MR) is 483 cm³/mol. The second-order valence-electron chi connectivity index (χ2n) is 23.3. The zero-order valence-corrected chi connectivity index (χ0v) is 72.5. The number of aromatic amines is 3. The molecule has 0 saturated heterocycles. The number of thiocarbonyl (C=S) groups is 2. The first-order chi connectivity index (χ1) is 54.3. The van der Waals surface area contributed by atoms with Gasteiger partial charge in [0.25, 0.3) is 16.8 Å². The highest BCUT2D eigenvalue weighted by atomic mass is 127. The molecule has 602 valence electrons. The number of non-ortho nitro benzene ring substituents is 1. The number of nitrogen functional groups attached to an aromatic ring is 1. The van der Waals surface area contributed by atoms with Crippen molar-refractivity contribution in [3.8, 4) is 0 Å². The first kappa shape index (κ1) is 92.6. The largest absolute Gasteiger partial charge is 0.450 e. The number of alkyl halides is 1. The molecule has 6 aromatic carbocycles. The van der Waals surface area contributed by atoms with E-state index in [-0.39, 0.29) is 26.8 Å². The number of nitro groups is 1. The fraction of sp³-hybridized carbons (Fsp3) is 0.237. The van der Waals surface area contributed by atoms with Gasteiger partial charge in [0.1, 0.15) is 0 Å². The minimum atomic E-state index is -3.22. The van der Waals surface area contributed by atoms with Crippen LogP contribution in [-0.2, 0) is 61.1 Å². The average molecular weight is 1820 g/mol. The van der Waals surface area contributed by atoms with E-state index in [9.17, 15) is 43.4 Å². The number of thioether (sulfide) groups is 2. The molecule has 38 heteroatoms. The molecule has 114 heavy (non-hydrogen) atoms. The first-order valence-corrected chi connectivity index (χ1v) is 43.4. The number of H-pyrrole nitrogens is 3. The summed E-state index contributed by atoms with van der Waals surface area (Å²) in [6.07, 6.45) is 9.97. The maximum atomic E-state index is 12.0. The molecule has 8 N–H and O–H groups in total. The summed E-state index contributed by atoms with van der Waals surface area (Å²) in [6, 6.07) is 41.9. The van der Waals surface area contributed by atoms with E-state index in [1.807, 2.05) is 224 Å². The zero-order valence-electron chi connectivity index (χ0n) is 63.9. The SMILES string of the molecule is CCI.CCOC(=O)N=C=S.CCOC(=O)NC(=Nc1cccc2c1ccn2C)SCC.CCOC(=O)NC(=S)Nc1cccc2c1ccn2C.CCSc1nc2c(ccc3c2ccn3C)c(=O)[nH]1.Cn1ccc2c(N)cccc21.Cn1ccc2c([N+](=O)[O-])cccc21.Cn1ccc2c3[nH]c(=O)[nH]c(=O)c3ccc21.O=P(Cl)(Cl)Cl. The number of hydrogen-bond donors (Lipinski definition) is 7. The van der Waals surface area contributed by atoms with E-state index in [0.717, 1.165) is 88.6 Å². The second kappa shape index (κ2) is 45.6. The van der Waals surface area contributed by atoms with Crippen LogP contribution in [0.1, 0.15) is 41.5 Å². The van der Waals surface area contributed by atoms with Gasteiger partial charge < -0.3 is 62.6 Å². The number of nitrogens with one attached hydrogen (secondary N) is 6. The third-order valence-corrected chi connectivity index (χ3v) is 17.6. The normalized spacial score (nSPS) is 10.6. The Morgan fingerprint density at radius 2 is 1.04 bits per heavy atom.